The third-order valence-corrected chi connectivity index (χ3v) is 2.67. The van der Waals surface area contributed by atoms with Crippen LogP contribution in [-0.2, 0) is 0 Å². The molecule has 1 rings (SSSR count). The van der Waals surface area contributed by atoms with Crippen LogP contribution in [0.15, 0.2) is 0 Å². The Morgan fingerprint density at radius 1 is 1.50 bits per heavy atom. The third kappa shape index (κ3) is 1.98. The molecule has 0 radical (unpaired) electrons. The fraction of sp³-hybridized carbons (Fsp3) is 1.00. The highest BCUT2D eigenvalue weighted by atomic mass is 14.8. The summed E-state index contributed by atoms with van der Waals surface area (Å²) in [6.45, 7) is 6.89. The topological polar surface area (TPSA) is 12.0 Å². The van der Waals surface area contributed by atoms with Crippen molar-refractivity contribution < 1.29 is 0 Å². The molecule has 1 saturated carbocycles. The van der Waals surface area contributed by atoms with E-state index in [1.54, 1.807) is 0 Å². The van der Waals surface area contributed by atoms with Crippen LogP contribution in [0.2, 0.25) is 0 Å². The maximum Gasteiger partial charge on any atom is -0.00206 e. The van der Waals surface area contributed by atoms with Gasteiger partial charge in [-0.1, -0.05) is 33.1 Å². The first kappa shape index (κ1) is 8.06. The molecule has 10 heavy (non-hydrogen) atoms. The van der Waals surface area contributed by atoms with Gasteiger partial charge in [0.2, 0.25) is 0 Å². The predicted octanol–water partition coefficient (Wildman–Crippen LogP) is 2.03. The Morgan fingerprint density at radius 3 is 2.60 bits per heavy atom. The van der Waals surface area contributed by atoms with Crippen molar-refractivity contribution in [1.29, 1.82) is 0 Å². The Labute approximate surface area is 64.2 Å². The Kier molecular flexibility index (Phi) is 3.20. The molecule has 0 aromatic rings. The summed E-state index contributed by atoms with van der Waals surface area (Å²) in [6, 6.07) is 0. The van der Waals surface area contributed by atoms with Crippen molar-refractivity contribution >= 4 is 0 Å². The fourth-order valence-corrected chi connectivity index (χ4v) is 1.55. The second-order valence-corrected chi connectivity index (χ2v) is 3.48. The van der Waals surface area contributed by atoms with Gasteiger partial charge >= 0.3 is 0 Å². The van der Waals surface area contributed by atoms with Crippen molar-refractivity contribution in [3.8, 4) is 0 Å². The highest BCUT2D eigenvalue weighted by molar-refractivity contribution is 4.75. The van der Waals surface area contributed by atoms with E-state index in [4.69, 9.17) is 0 Å². The summed E-state index contributed by atoms with van der Waals surface area (Å²) in [7, 11) is 0. The monoisotopic (exact) mass is 141 g/mol. The van der Waals surface area contributed by atoms with E-state index in [1.807, 2.05) is 0 Å². The molecule has 0 saturated heterocycles. The molecule has 1 heteroatoms. The minimum atomic E-state index is 0.911. The van der Waals surface area contributed by atoms with E-state index in [2.05, 4.69) is 19.2 Å². The molecule has 1 aliphatic rings. The quantitative estimate of drug-likeness (QED) is 0.631. The van der Waals surface area contributed by atoms with Crippen LogP contribution >= 0.6 is 0 Å². The number of rotatable bonds is 4. The van der Waals surface area contributed by atoms with Crippen LogP contribution in [0.4, 0.5) is 0 Å². The highest BCUT2D eigenvalue weighted by Crippen LogP contribution is 2.32. The van der Waals surface area contributed by atoms with Gasteiger partial charge in [0.15, 0.2) is 0 Å². The second kappa shape index (κ2) is 3.97. The van der Waals surface area contributed by atoms with E-state index in [1.165, 1.54) is 25.8 Å². The first-order valence-electron chi connectivity index (χ1n) is 4.55. The molecular formula is C9H19N. The van der Waals surface area contributed by atoms with Crippen molar-refractivity contribution in [2.75, 3.05) is 13.1 Å². The van der Waals surface area contributed by atoms with Crippen LogP contribution in [0.25, 0.3) is 0 Å². The van der Waals surface area contributed by atoms with Crippen LogP contribution in [0.3, 0.4) is 0 Å². The molecule has 1 nitrogen and oxygen atoms in total. The van der Waals surface area contributed by atoms with Crippen molar-refractivity contribution in [3.05, 3.63) is 0 Å². The summed E-state index contributed by atoms with van der Waals surface area (Å²) < 4.78 is 0. The van der Waals surface area contributed by atoms with Crippen LogP contribution in [-0.4, -0.2) is 13.1 Å². The molecule has 1 fully saturated rings. The molecule has 0 aliphatic heterocycles. The Balaban J connectivity index is 2.02. The van der Waals surface area contributed by atoms with Crippen molar-refractivity contribution in [3.63, 3.8) is 0 Å². The molecule has 1 unspecified atom stereocenters. The molecule has 1 N–H and O–H groups in total. The standard InChI is InChI=1S/C9H19N/c1-3-10-7-8(2)9-5-4-6-9/h8-10H,3-7H2,1-2H3. The van der Waals surface area contributed by atoms with Crippen molar-refractivity contribution in [2.24, 2.45) is 11.8 Å². The van der Waals surface area contributed by atoms with Crippen LogP contribution in [0.1, 0.15) is 33.1 Å². The molecule has 0 bridgehead atoms. The van der Waals surface area contributed by atoms with Crippen LogP contribution in [0, 0.1) is 11.8 Å². The Bertz CT molecular complexity index is 86.7. The van der Waals surface area contributed by atoms with Gasteiger partial charge in [0.05, 0.1) is 0 Å². The van der Waals surface area contributed by atoms with Gasteiger partial charge in [-0.05, 0) is 24.9 Å². The maximum atomic E-state index is 3.40. The minimum absolute atomic E-state index is 0.911. The number of hydrogen-bond donors (Lipinski definition) is 1. The average Bonchev–Trinajstić information content (AvgIpc) is 1.79. The van der Waals surface area contributed by atoms with Gasteiger partial charge in [-0.15, -0.1) is 0 Å². The fourth-order valence-electron chi connectivity index (χ4n) is 1.55. The molecule has 1 aliphatic carbocycles. The van der Waals surface area contributed by atoms with Gasteiger partial charge in [-0.25, -0.2) is 0 Å². The van der Waals surface area contributed by atoms with Gasteiger partial charge in [0, 0.05) is 0 Å². The molecule has 0 amide bonds. The lowest BCUT2D eigenvalue weighted by Crippen LogP contribution is -2.29. The molecule has 0 aromatic heterocycles. The van der Waals surface area contributed by atoms with Gasteiger partial charge in [0.25, 0.3) is 0 Å². The zero-order chi connectivity index (χ0) is 7.40. The van der Waals surface area contributed by atoms with E-state index in [-0.39, 0.29) is 0 Å². The lowest BCUT2D eigenvalue weighted by Gasteiger charge is -2.31. The van der Waals surface area contributed by atoms with E-state index >= 15 is 0 Å². The van der Waals surface area contributed by atoms with E-state index < -0.39 is 0 Å². The highest BCUT2D eigenvalue weighted by Gasteiger charge is 2.22. The lowest BCUT2D eigenvalue weighted by molar-refractivity contribution is 0.216. The zero-order valence-electron chi connectivity index (χ0n) is 7.19. The third-order valence-electron chi connectivity index (χ3n) is 2.67. The summed E-state index contributed by atoms with van der Waals surface area (Å²) >= 11 is 0. The minimum Gasteiger partial charge on any atom is -0.317 e. The van der Waals surface area contributed by atoms with Gasteiger partial charge in [0.1, 0.15) is 0 Å². The summed E-state index contributed by atoms with van der Waals surface area (Å²) in [4.78, 5) is 0. The normalized spacial score (nSPS) is 22.2. The van der Waals surface area contributed by atoms with Gasteiger partial charge < -0.3 is 5.32 Å². The molecule has 0 aromatic carbocycles. The zero-order valence-corrected chi connectivity index (χ0v) is 7.19. The smallest absolute Gasteiger partial charge is 0.00206 e. The average molecular weight is 141 g/mol. The van der Waals surface area contributed by atoms with E-state index in [0.29, 0.717) is 0 Å². The van der Waals surface area contributed by atoms with Crippen molar-refractivity contribution in [1.82, 2.24) is 5.32 Å². The second-order valence-electron chi connectivity index (χ2n) is 3.48. The molecule has 60 valence electrons. The number of hydrogen-bond acceptors (Lipinski definition) is 1. The van der Waals surface area contributed by atoms with E-state index in [9.17, 15) is 0 Å². The van der Waals surface area contributed by atoms with E-state index in [0.717, 1.165) is 18.4 Å². The molecule has 0 spiro atoms. The van der Waals surface area contributed by atoms with Crippen molar-refractivity contribution in [2.45, 2.75) is 33.1 Å². The predicted molar refractivity (Wildman–Crippen MR) is 45.0 cm³/mol. The first-order valence-corrected chi connectivity index (χ1v) is 4.55. The van der Waals surface area contributed by atoms with Crippen LogP contribution in [0.5, 0.6) is 0 Å². The summed E-state index contributed by atoms with van der Waals surface area (Å²) in [6.07, 6.45) is 4.43. The van der Waals surface area contributed by atoms with Crippen LogP contribution < -0.4 is 5.32 Å². The summed E-state index contributed by atoms with van der Waals surface area (Å²) in [5, 5.41) is 3.40. The molecular weight excluding hydrogens is 122 g/mol. The Hall–Kier alpha value is -0.0400. The van der Waals surface area contributed by atoms with Gasteiger partial charge in [-0.3, -0.25) is 0 Å². The Morgan fingerprint density at radius 2 is 2.20 bits per heavy atom. The van der Waals surface area contributed by atoms with Gasteiger partial charge in [-0.2, -0.15) is 0 Å². The first-order chi connectivity index (χ1) is 4.84. The molecule has 1 atom stereocenters. The molecule has 0 heterocycles. The SMILES string of the molecule is CCNCC(C)C1CCC1. The number of nitrogens with one attached hydrogen (secondary N) is 1. The maximum absolute atomic E-state index is 3.40. The summed E-state index contributed by atoms with van der Waals surface area (Å²) in [5.74, 6) is 1.95. The lowest BCUT2D eigenvalue weighted by atomic mass is 9.77. The summed E-state index contributed by atoms with van der Waals surface area (Å²) in [5.41, 5.74) is 0. The largest absolute Gasteiger partial charge is 0.317 e.